The van der Waals surface area contributed by atoms with Crippen LogP contribution in [0.1, 0.15) is 70.0 Å². The van der Waals surface area contributed by atoms with Crippen molar-refractivity contribution in [3.8, 4) is 23.0 Å². The number of esters is 1. The topological polar surface area (TPSA) is 240 Å². The van der Waals surface area contributed by atoms with Crippen molar-refractivity contribution in [2.75, 3.05) is 17.7 Å². The molecule has 3 aliphatic rings. The van der Waals surface area contributed by atoms with Gasteiger partial charge in [0, 0.05) is 61.2 Å². The van der Waals surface area contributed by atoms with E-state index in [0.29, 0.717) is 5.56 Å². The molecule has 9 atom stereocenters. The van der Waals surface area contributed by atoms with Crippen LogP contribution in [0.15, 0.2) is 66.5 Å². The van der Waals surface area contributed by atoms with Gasteiger partial charge in [0.2, 0.25) is 0 Å². The number of rotatable bonds is 5. The smallest absolute Gasteiger partial charge is 0.412 e. The maximum absolute atomic E-state index is 14.4. The number of aliphatic hydroxyl groups is 2. The molecule has 61 heavy (non-hydrogen) atoms. The number of fused-ring (bicyclic) bond motifs is 14. The predicted octanol–water partition coefficient (Wildman–Crippen LogP) is 6.50. The number of phenols is 3. The first-order valence-electron chi connectivity index (χ1n) is 19.8. The molecule has 3 heterocycles. The van der Waals surface area contributed by atoms with E-state index in [0.717, 1.165) is 6.26 Å². The number of Topliss-reactive ketones (excluding diaryl/α,β-unsaturated/α-hetero) is 1. The molecule has 16 nitrogen and oxygen atoms in total. The summed E-state index contributed by atoms with van der Waals surface area (Å²) in [6, 6.07) is 8.70. The Bertz CT molecular complexity index is 2270. The fraction of sp³-hybridized carbons (Fsp3) is 0.422. The van der Waals surface area contributed by atoms with Crippen molar-refractivity contribution >= 4 is 45.9 Å². The number of phenolic OH excluding ortho intramolecular Hbond substituents is 3. The van der Waals surface area contributed by atoms with Crippen LogP contribution in [-0.2, 0) is 35.1 Å². The molecule has 0 spiro atoms. The van der Waals surface area contributed by atoms with Crippen LogP contribution in [0.25, 0.3) is 10.8 Å². The van der Waals surface area contributed by atoms with Crippen LogP contribution in [0.4, 0.5) is 16.2 Å². The number of allylic oxidation sites excluding steroid dienone is 2. The van der Waals surface area contributed by atoms with Gasteiger partial charge in [-0.25, -0.2) is 4.79 Å². The summed E-state index contributed by atoms with van der Waals surface area (Å²) in [4.78, 5) is 53.7. The van der Waals surface area contributed by atoms with E-state index in [4.69, 9.17) is 23.7 Å². The number of anilines is 2. The quantitative estimate of drug-likeness (QED) is 0.0824. The number of ketones is 1. The number of carbonyl (C=O) groups is 4. The minimum atomic E-state index is -2.13. The molecule has 3 aromatic rings. The van der Waals surface area contributed by atoms with E-state index in [2.05, 4.69) is 10.6 Å². The van der Waals surface area contributed by atoms with Gasteiger partial charge >= 0.3 is 17.8 Å². The lowest BCUT2D eigenvalue weighted by molar-refractivity contribution is -0.160. The monoisotopic (exact) mass is 846 g/mol. The molecule has 3 aliphatic heterocycles. The Kier molecular flexibility index (Phi) is 14.1. The van der Waals surface area contributed by atoms with Crippen LogP contribution in [0.2, 0.25) is 0 Å². The average molecular weight is 847 g/mol. The van der Waals surface area contributed by atoms with Gasteiger partial charge in [-0.1, -0.05) is 76.3 Å². The second-order valence-electron chi connectivity index (χ2n) is 15.8. The second kappa shape index (κ2) is 18.7. The fourth-order valence-corrected chi connectivity index (χ4v) is 7.71. The Morgan fingerprint density at radius 3 is 2.21 bits per heavy atom. The summed E-state index contributed by atoms with van der Waals surface area (Å²) in [5, 5.41) is 62.2. The molecule has 328 valence electrons. The number of aliphatic hydroxyl groups excluding tert-OH is 2. The lowest BCUT2D eigenvalue weighted by Crippen LogP contribution is -2.46. The number of ether oxygens (including phenoxy) is 5. The molecule has 16 heteroatoms. The van der Waals surface area contributed by atoms with Crippen LogP contribution in [0.3, 0.4) is 0 Å². The average Bonchev–Trinajstić information content (AvgIpc) is 3.49. The van der Waals surface area contributed by atoms with Crippen molar-refractivity contribution in [3.63, 3.8) is 0 Å². The molecule has 0 aliphatic carbocycles. The summed E-state index contributed by atoms with van der Waals surface area (Å²) >= 11 is 0. The van der Waals surface area contributed by atoms with Gasteiger partial charge in [-0.2, -0.15) is 0 Å². The molecule has 0 fully saturated rings. The highest BCUT2D eigenvalue weighted by Gasteiger charge is 2.50. The van der Waals surface area contributed by atoms with Gasteiger partial charge in [0.05, 0.1) is 35.5 Å². The highest BCUT2D eigenvalue weighted by Crippen LogP contribution is 2.57. The third kappa shape index (κ3) is 9.31. The maximum atomic E-state index is 14.4. The van der Waals surface area contributed by atoms with Crippen LogP contribution in [0.5, 0.6) is 23.0 Å². The number of aromatic hydroxyl groups is 3. The third-order valence-corrected chi connectivity index (χ3v) is 11.4. The third-order valence-electron chi connectivity index (χ3n) is 11.4. The second-order valence-corrected chi connectivity index (χ2v) is 15.8. The number of methoxy groups -OCH3 is 1. The molecule has 0 unspecified atom stereocenters. The van der Waals surface area contributed by atoms with Crippen molar-refractivity contribution in [1.82, 2.24) is 0 Å². The minimum Gasteiger partial charge on any atom is -0.507 e. The Hall–Kier alpha value is -6.10. The highest BCUT2D eigenvalue weighted by molar-refractivity contribution is 6.24. The number of amides is 2. The number of benzene rings is 3. The molecule has 0 saturated carbocycles. The zero-order valence-corrected chi connectivity index (χ0v) is 35.5. The van der Waals surface area contributed by atoms with Gasteiger partial charge in [-0.15, -0.1) is 0 Å². The number of hydrogen-bond donors (Lipinski definition) is 7. The summed E-state index contributed by atoms with van der Waals surface area (Å²) in [6.07, 6.45) is 2.02. The number of carbonyl (C=O) groups excluding carboxylic acids is 4. The summed E-state index contributed by atoms with van der Waals surface area (Å²) in [5.74, 6) is -9.52. The van der Waals surface area contributed by atoms with Gasteiger partial charge in [0.1, 0.15) is 41.3 Å². The molecule has 5 bridgehead atoms. The van der Waals surface area contributed by atoms with Gasteiger partial charge in [0.25, 0.3) is 11.7 Å². The Morgan fingerprint density at radius 2 is 1.57 bits per heavy atom. The highest BCUT2D eigenvalue weighted by atomic mass is 16.7. The lowest BCUT2D eigenvalue weighted by atomic mass is 9.78. The van der Waals surface area contributed by atoms with Gasteiger partial charge < -0.3 is 54.5 Å². The molecular formula is C45H54N2O14. The van der Waals surface area contributed by atoms with Crippen molar-refractivity contribution in [3.05, 3.63) is 83.2 Å². The molecule has 6 rings (SSSR count). The molecular weight excluding hydrogens is 792 g/mol. The van der Waals surface area contributed by atoms with Crippen LogP contribution in [0, 0.1) is 30.6 Å². The normalized spacial score (nSPS) is 29.1. The van der Waals surface area contributed by atoms with Crippen molar-refractivity contribution in [1.29, 1.82) is 0 Å². The van der Waals surface area contributed by atoms with Gasteiger partial charge in [-0.05, 0) is 25.5 Å². The Labute approximate surface area is 353 Å². The fourth-order valence-electron chi connectivity index (χ4n) is 7.71. The van der Waals surface area contributed by atoms with Gasteiger partial charge in [0.15, 0.2) is 5.75 Å². The summed E-state index contributed by atoms with van der Waals surface area (Å²) in [5.41, 5.74) is -0.749. The summed E-state index contributed by atoms with van der Waals surface area (Å²) in [6.45, 7) is 12.0. The van der Waals surface area contributed by atoms with Crippen LogP contribution in [-0.4, -0.2) is 86.6 Å². The number of hydrogen-bond acceptors (Lipinski definition) is 14. The van der Waals surface area contributed by atoms with E-state index in [9.17, 15) is 44.7 Å². The SMILES string of the molecule is CO[C@H]1/C=C/O[C@@]2(C)Oc3c(C)c(O)c4c(O)c(c(NC(=O)OCc5ccccc5)c(O)c4c3C2=O)NC(=O)/C(C)=C\C=C\[C@@H](C)[C@H](O)[C@@H](C)[C@H](O)[C@@H](C)[C@H](OC(C)=O)[C@@H]1C. The first-order valence-corrected chi connectivity index (χ1v) is 19.8. The first-order chi connectivity index (χ1) is 28.7. The van der Waals surface area contributed by atoms with Crippen molar-refractivity contribution in [2.24, 2.45) is 23.7 Å². The standard InChI is InChI=1S/C45H54N2O14/c1-21-14-13-15-22(2)43(55)46-33-34(47-44(56)58-20-28-16-11-10-12-17-28)38(52)30-31(39(33)53)37(51)26(6)41-32(30)42(54)45(8,61-41)59-19-18-29(57-9)23(3)40(60-27(7)48)25(5)36(50)24(4)35(21)49/h10-19,21,23-25,29,35-36,40,49-53H,20H2,1-9H3,(H,46,55)(H,47,56)/b14-13+,19-18+,22-15-/t21-,23-,24-,25-,29+,35+,36+,40-,45+/m1/s1. The molecule has 0 radical (unpaired) electrons. The van der Waals surface area contributed by atoms with Crippen molar-refractivity contribution in [2.45, 2.75) is 92.2 Å². The molecule has 2 amide bonds. The molecule has 7 N–H and O–H groups in total. The largest absolute Gasteiger partial charge is 0.507 e. The molecule has 3 aromatic carbocycles. The Morgan fingerprint density at radius 1 is 0.902 bits per heavy atom. The van der Waals surface area contributed by atoms with E-state index >= 15 is 0 Å². The van der Waals surface area contributed by atoms with E-state index in [1.165, 1.54) is 53.0 Å². The summed E-state index contributed by atoms with van der Waals surface area (Å²) in [7, 11) is 1.41. The number of nitrogens with one attached hydrogen (secondary N) is 2. The van der Waals surface area contributed by atoms with Crippen molar-refractivity contribution < 1.29 is 68.4 Å². The molecule has 0 aromatic heterocycles. The van der Waals surface area contributed by atoms with Crippen LogP contribution >= 0.6 is 0 Å². The Balaban J connectivity index is 1.68. The maximum Gasteiger partial charge on any atom is 0.412 e. The summed E-state index contributed by atoms with van der Waals surface area (Å²) < 4.78 is 28.8. The minimum absolute atomic E-state index is 0.0282. The van der Waals surface area contributed by atoms with E-state index in [-0.39, 0.29) is 29.1 Å². The van der Waals surface area contributed by atoms with Crippen LogP contribution < -0.4 is 15.4 Å². The first kappa shape index (κ1) is 46.0. The molecule has 0 saturated heterocycles. The zero-order chi connectivity index (χ0) is 45.1. The zero-order valence-electron chi connectivity index (χ0n) is 35.5. The van der Waals surface area contributed by atoms with Gasteiger partial charge in [-0.3, -0.25) is 19.7 Å². The predicted molar refractivity (Wildman–Crippen MR) is 224 cm³/mol. The van der Waals surface area contributed by atoms with E-state index in [1.54, 1.807) is 64.1 Å². The van der Waals surface area contributed by atoms with E-state index < -0.39 is 117 Å². The lowest BCUT2D eigenvalue weighted by Gasteiger charge is -2.38. The van der Waals surface area contributed by atoms with E-state index in [1.807, 2.05) is 0 Å².